The van der Waals surface area contributed by atoms with Gasteiger partial charge in [-0.3, -0.25) is 4.79 Å². The molecule has 3 nitrogen and oxygen atoms in total. The Labute approximate surface area is 103 Å². The van der Waals surface area contributed by atoms with Gasteiger partial charge in [-0.1, -0.05) is 24.6 Å². The molecule has 94 valence electrons. The van der Waals surface area contributed by atoms with Gasteiger partial charge in [-0.05, 0) is 37.5 Å². The molecule has 0 aliphatic rings. The summed E-state index contributed by atoms with van der Waals surface area (Å²) in [6, 6.07) is 4.31. The smallest absolute Gasteiger partial charge is 0.307 e. The third-order valence-corrected chi connectivity index (χ3v) is 3.01. The van der Waals surface area contributed by atoms with Gasteiger partial charge in [0.25, 0.3) is 0 Å². The van der Waals surface area contributed by atoms with Gasteiger partial charge in [-0.25, -0.2) is 0 Å². The van der Waals surface area contributed by atoms with E-state index in [1.807, 2.05) is 0 Å². The lowest BCUT2D eigenvalue weighted by molar-refractivity contribution is -0.140. The normalized spacial score (nSPS) is 12.5. The van der Waals surface area contributed by atoms with E-state index in [2.05, 4.69) is 38.2 Å². The second-order valence-corrected chi connectivity index (χ2v) is 4.75. The quantitative estimate of drug-likeness (QED) is 0.824. The van der Waals surface area contributed by atoms with Crippen molar-refractivity contribution in [2.45, 2.75) is 34.2 Å². The van der Waals surface area contributed by atoms with E-state index in [1.165, 1.54) is 22.3 Å². The molecule has 3 heteroatoms. The number of carbonyl (C=O) groups is 1. The average Bonchev–Trinajstić information content (AvgIpc) is 2.21. The van der Waals surface area contributed by atoms with E-state index in [1.54, 1.807) is 6.92 Å². The zero-order valence-corrected chi connectivity index (χ0v) is 11.0. The van der Waals surface area contributed by atoms with Crippen molar-refractivity contribution in [3.05, 3.63) is 34.4 Å². The molecule has 0 fully saturated rings. The third kappa shape index (κ3) is 3.86. The first-order valence-corrected chi connectivity index (χ1v) is 5.92. The summed E-state index contributed by atoms with van der Waals surface area (Å²) < 4.78 is 0. The fraction of sp³-hybridized carbons (Fsp3) is 0.500. The number of carboxylic acid groups (broad SMARTS) is 1. The molecule has 0 amide bonds. The van der Waals surface area contributed by atoms with Gasteiger partial charge in [-0.15, -0.1) is 0 Å². The predicted octanol–water partition coefficient (Wildman–Crippen LogP) is 2.42. The van der Waals surface area contributed by atoms with E-state index in [-0.39, 0.29) is 5.92 Å². The number of benzene rings is 1. The Balaban J connectivity index is 2.61. The second kappa shape index (κ2) is 5.82. The molecule has 0 spiro atoms. The molecule has 0 heterocycles. The Kier molecular flexibility index (Phi) is 4.70. The summed E-state index contributed by atoms with van der Waals surface area (Å²) in [5.41, 5.74) is 5.06. The lowest BCUT2D eigenvalue weighted by atomic mass is 10.00. The largest absolute Gasteiger partial charge is 0.481 e. The Morgan fingerprint density at radius 1 is 1.29 bits per heavy atom. The monoisotopic (exact) mass is 235 g/mol. The van der Waals surface area contributed by atoms with Crippen molar-refractivity contribution in [3.8, 4) is 0 Å². The van der Waals surface area contributed by atoms with E-state index >= 15 is 0 Å². The lowest BCUT2D eigenvalue weighted by Crippen LogP contribution is -2.26. The number of aliphatic carboxylic acids is 1. The molecule has 0 saturated heterocycles. The number of aryl methyl sites for hydroxylation is 3. The summed E-state index contributed by atoms with van der Waals surface area (Å²) in [6.45, 7) is 9.22. The minimum atomic E-state index is -0.755. The predicted molar refractivity (Wildman–Crippen MR) is 69.2 cm³/mol. The minimum Gasteiger partial charge on any atom is -0.481 e. The third-order valence-electron chi connectivity index (χ3n) is 3.01. The van der Waals surface area contributed by atoms with Gasteiger partial charge < -0.3 is 10.4 Å². The minimum absolute atomic E-state index is 0.346. The van der Waals surface area contributed by atoms with Crippen LogP contribution in [0.25, 0.3) is 0 Å². The summed E-state index contributed by atoms with van der Waals surface area (Å²) in [5, 5.41) is 12.0. The van der Waals surface area contributed by atoms with Crippen LogP contribution in [0.3, 0.4) is 0 Å². The van der Waals surface area contributed by atoms with Crippen LogP contribution >= 0.6 is 0 Å². The summed E-state index contributed by atoms with van der Waals surface area (Å²) in [6.07, 6.45) is 0. The van der Waals surface area contributed by atoms with Crippen LogP contribution in [0.2, 0.25) is 0 Å². The fourth-order valence-electron chi connectivity index (χ4n) is 1.99. The molecule has 0 aliphatic carbocycles. The molecule has 1 unspecified atom stereocenters. The highest BCUT2D eigenvalue weighted by Crippen LogP contribution is 2.16. The molecular formula is C14H21NO2. The molecule has 0 aliphatic heterocycles. The maximum Gasteiger partial charge on any atom is 0.307 e. The molecule has 1 aromatic rings. The van der Waals surface area contributed by atoms with Gasteiger partial charge in [0.1, 0.15) is 0 Å². The maximum atomic E-state index is 10.7. The van der Waals surface area contributed by atoms with Crippen molar-refractivity contribution < 1.29 is 9.90 Å². The first-order valence-electron chi connectivity index (χ1n) is 5.92. The van der Waals surface area contributed by atoms with Crippen molar-refractivity contribution in [3.63, 3.8) is 0 Å². The number of hydrogen-bond donors (Lipinski definition) is 2. The van der Waals surface area contributed by atoms with Crippen LogP contribution < -0.4 is 5.32 Å². The zero-order valence-electron chi connectivity index (χ0n) is 11.0. The van der Waals surface area contributed by atoms with Crippen molar-refractivity contribution in [2.24, 2.45) is 5.92 Å². The highest BCUT2D eigenvalue weighted by Gasteiger charge is 2.10. The lowest BCUT2D eigenvalue weighted by Gasteiger charge is -2.13. The summed E-state index contributed by atoms with van der Waals surface area (Å²) in [5.74, 6) is -1.10. The highest BCUT2D eigenvalue weighted by molar-refractivity contribution is 5.69. The van der Waals surface area contributed by atoms with Crippen LogP contribution in [-0.4, -0.2) is 17.6 Å². The van der Waals surface area contributed by atoms with Crippen molar-refractivity contribution in [2.75, 3.05) is 6.54 Å². The van der Waals surface area contributed by atoms with Gasteiger partial charge >= 0.3 is 5.97 Å². The molecule has 2 N–H and O–H groups in total. The Morgan fingerprint density at radius 2 is 1.82 bits per heavy atom. The van der Waals surface area contributed by atoms with Crippen LogP contribution in [0.15, 0.2) is 12.1 Å². The maximum absolute atomic E-state index is 10.7. The molecular weight excluding hydrogens is 214 g/mol. The van der Waals surface area contributed by atoms with Crippen LogP contribution in [-0.2, 0) is 11.3 Å². The van der Waals surface area contributed by atoms with E-state index in [0.717, 1.165) is 6.54 Å². The molecule has 1 rings (SSSR count). The topological polar surface area (TPSA) is 49.3 Å². The molecule has 0 saturated carbocycles. The van der Waals surface area contributed by atoms with E-state index in [0.29, 0.717) is 6.54 Å². The van der Waals surface area contributed by atoms with Gasteiger partial charge in [-0.2, -0.15) is 0 Å². The molecule has 1 atom stereocenters. The fourth-order valence-corrected chi connectivity index (χ4v) is 1.99. The van der Waals surface area contributed by atoms with E-state index < -0.39 is 5.97 Å². The SMILES string of the molecule is Cc1cc(C)c(CNCC(C)C(=O)O)c(C)c1. The summed E-state index contributed by atoms with van der Waals surface area (Å²) >= 11 is 0. The highest BCUT2D eigenvalue weighted by atomic mass is 16.4. The standard InChI is InChI=1S/C14H21NO2/c1-9-5-10(2)13(11(3)6-9)8-15-7-12(4)14(16)17/h5-6,12,15H,7-8H2,1-4H3,(H,16,17). The first kappa shape index (κ1) is 13.7. The number of nitrogens with one attached hydrogen (secondary N) is 1. The van der Waals surface area contributed by atoms with E-state index in [4.69, 9.17) is 5.11 Å². The van der Waals surface area contributed by atoms with Crippen LogP contribution in [0, 0.1) is 26.7 Å². The van der Waals surface area contributed by atoms with Gasteiger partial charge in [0.05, 0.1) is 5.92 Å². The van der Waals surface area contributed by atoms with Crippen molar-refractivity contribution in [1.29, 1.82) is 0 Å². The van der Waals surface area contributed by atoms with Crippen LogP contribution in [0.4, 0.5) is 0 Å². The molecule has 1 aromatic carbocycles. The average molecular weight is 235 g/mol. The number of rotatable bonds is 5. The Morgan fingerprint density at radius 3 is 2.29 bits per heavy atom. The van der Waals surface area contributed by atoms with Crippen LogP contribution in [0.1, 0.15) is 29.2 Å². The Hall–Kier alpha value is -1.35. The summed E-state index contributed by atoms with van der Waals surface area (Å²) in [7, 11) is 0. The zero-order chi connectivity index (χ0) is 13.0. The molecule has 17 heavy (non-hydrogen) atoms. The van der Waals surface area contributed by atoms with Gasteiger partial charge in [0.15, 0.2) is 0 Å². The number of carboxylic acids is 1. The molecule has 0 radical (unpaired) electrons. The first-order chi connectivity index (χ1) is 7.91. The number of hydrogen-bond acceptors (Lipinski definition) is 2. The Bertz CT molecular complexity index is 390. The second-order valence-electron chi connectivity index (χ2n) is 4.75. The van der Waals surface area contributed by atoms with E-state index in [9.17, 15) is 4.79 Å². The van der Waals surface area contributed by atoms with Crippen molar-refractivity contribution in [1.82, 2.24) is 5.32 Å². The molecule has 0 aromatic heterocycles. The van der Waals surface area contributed by atoms with Crippen molar-refractivity contribution >= 4 is 5.97 Å². The van der Waals surface area contributed by atoms with Gasteiger partial charge in [0, 0.05) is 13.1 Å². The van der Waals surface area contributed by atoms with Gasteiger partial charge in [0.2, 0.25) is 0 Å². The van der Waals surface area contributed by atoms with Crippen LogP contribution in [0.5, 0.6) is 0 Å². The summed E-state index contributed by atoms with van der Waals surface area (Å²) in [4.78, 5) is 10.7. The molecule has 0 bridgehead atoms.